The standard InChI is InChI=1S/C27H28N8O2/c1-2-33-26(36)23-24(30-27(33)37)29-25(20-8-4-3-5-9-20)34(23)16-18-12-14-19(15-13-18)21-10-6-7-11-22(21)35-17-28-31-32-35/h6-7,10-15,17,20H,2-5,8-9,16H2,1H3,(H,30,37). The van der Waals surface area contributed by atoms with Crippen LogP contribution in [0.25, 0.3) is 28.0 Å². The molecule has 3 heterocycles. The van der Waals surface area contributed by atoms with Gasteiger partial charge in [0.2, 0.25) is 0 Å². The molecule has 10 nitrogen and oxygen atoms in total. The summed E-state index contributed by atoms with van der Waals surface area (Å²) < 4.78 is 4.92. The van der Waals surface area contributed by atoms with Crippen LogP contribution in [0.3, 0.4) is 0 Å². The number of aromatic nitrogens is 8. The number of para-hydroxylation sites is 1. The van der Waals surface area contributed by atoms with Crippen molar-refractivity contribution in [3.63, 3.8) is 0 Å². The number of benzene rings is 2. The van der Waals surface area contributed by atoms with E-state index in [1.165, 1.54) is 11.0 Å². The van der Waals surface area contributed by atoms with Crippen molar-refractivity contribution in [2.45, 2.75) is 58.0 Å². The van der Waals surface area contributed by atoms with E-state index in [2.05, 4.69) is 44.8 Å². The molecule has 5 aromatic rings. The highest BCUT2D eigenvalue weighted by atomic mass is 16.2. The smallest absolute Gasteiger partial charge is 0.317 e. The molecule has 0 atom stereocenters. The Hall–Kier alpha value is -4.34. The molecule has 0 spiro atoms. The fourth-order valence-corrected chi connectivity index (χ4v) is 5.44. The molecule has 0 radical (unpaired) electrons. The maximum atomic E-state index is 13.3. The minimum absolute atomic E-state index is 0.279. The zero-order valence-corrected chi connectivity index (χ0v) is 20.7. The highest BCUT2D eigenvalue weighted by Crippen LogP contribution is 2.34. The Kier molecular flexibility index (Phi) is 5.99. The van der Waals surface area contributed by atoms with E-state index in [9.17, 15) is 9.59 Å². The van der Waals surface area contributed by atoms with E-state index in [4.69, 9.17) is 4.98 Å². The first-order valence-corrected chi connectivity index (χ1v) is 12.8. The normalized spacial score (nSPS) is 14.4. The van der Waals surface area contributed by atoms with Gasteiger partial charge in [0.15, 0.2) is 11.2 Å². The molecule has 3 aromatic heterocycles. The van der Waals surface area contributed by atoms with Gasteiger partial charge in [-0.25, -0.2) is 9.78 Å². The van der Waals surface area contributed by atoms with Crippen LogP contribution in [0.1, 0.15) is 56.3 Å². The lowest BCUT2D eigenvalue weighted by Crippen LogP contribution is -2.35. The molecule has 0 aliphatic heterocycles. The molecule has 1 aliphatic carbocycles. The number of tetrazole rings is 1. The molecular formula is C27H28N8O2. The van der Waals surface area contributed by atoms with Gasteiger partial charge in [-0.05, 0) is 47.4 Å². The Bertz CT molecular complexity index is 1660. The summed E-state index contributed by atoms with van der Waals surface area (Å²) in [5.41, 5.74) is 4.14. The number of nitrogens with zero attached hydrogens (tertiary/aromatic N) is 7. The number of aromatic amines is 1. The molecule has 2 aromatic carbocycles. The minimum atomic E-state index is -0.412. The van der Waals surface area contributed by atoms with Crippen LogP contribution in [-0.4, -0.2) is 39.3 Å². The lowest BCUT2D eigenvalue weighted by Gasteiger charge is -2.22. The van der Waals surface area contributed by atoms with Crippen LogP contribution in [0, 0.1) is 0 Å². The number of H-pyrrole nitrogens is 1. The number of imidazole rings is 1. The number of hydrogen-bond donors (Lipinski definition) is 1. The van der Waals surface area contributed by atoms with E-state index in [1.807, 2.05) is 28.8 Å². The summed E-state index contributed by atoms with van der Waals surface area (Å²) >= 11 is 0. The van der Waals surface area contributed by atoms with Crippen molar-refractivity contribution in [2.24, 2.45) is 0 Å². The molecule has 0 unspecified atom stereocenters. The third kappa shape index (κ3) is 4.18. The number of nitrogens with one attached hydrogen (secondary N) is 1. The second-order valence-corrected chi connectivity index (χ2v) is 9.54. The van der Waals surface area contributed by atoms with Crippen molar-refractivity contribution in [2.75, 3.05) is 0 Å². The maximum absolute atomic E-state index is 13.3. The zero-order valence-electron chi connectivity index (χ0n) is 20.7. The average molecular weight is 497 g/mol. The van der Waals surface area contributed by atoms with E-state index in [0.717, 1.165) is 53.9 Å². The molecule has 0 bridgehead atoms. The van der Waals surface area contributed by atoms with Crippen LogP contribution in [0.4, 0.5) is 0 Å². The van der Waals surface area contributed by atoms with Crippen molar-refractivity contribution < 1.29 is 0 Å². The fraction of sp³-hybridized carbons (Fsp3) is 0.333. The first kappa shape index (κ1) is 23.1. The van der Waals surface area contributed by atoms with Gasteiger partial charge in [-0.1, -0.05) is 61.7 Å². The quantitative estimate of drug-likeness (QED) is 0.384. The van der Waals surface area contributed by atoms with Gasteiger partial charge in [-0.15, -0.1) is 5.10 Å². The van der Waals surface area contributed by atoms with Gasteiger partial charge in [0.25, 0.3) is 5.56 Å². The summed E-state index contributed by atoms with van der Waals surface area (Å²) in [5.74, 6) is 1.17. The third-order valence-electron chi connectivity index (χ3n) is 7.31. The summed E-state index contributed by atoms with van der Waals surface area (Å²) in [6.45, 7) is 2.61. The zero-order chi connectivity index (χ0) is 25.4. The van der Waals surface area contributed by atoms with Crippen LogP contribution < -0.4 is 11.2 Å². The summed E-state index contributed by atoms with van der Waals surface area (Å²) in [5, 5.41) is 11.6. The van der Waals surface area contributed by atoms with E-state index in [-0.39, 0.29) is 11.5 Å². The van der Waals surface area contributed by atoms with Crippen molar-refractivity contribution in [1.82, 2.24) is 39.3 Å². The lowest BCUT2D eigenvalue weighted by molar-refractivity contribution is 0.420. The van der Waals surface area contributed by atoms with Gasteiger partial charge in [-0.2, -0.15) is 4.68 Å². The molecule has 0 amide bonds. The molecule has 0 saturated heterocycles. The van der Waals surface area contributed by atoms with Gasteiger partial charge >= 0.3 is 5.69 Å². The Morgan fingerprint density at radius 2 is 1.76 bits per heavy atom. The predicted molar refractivity (Wildman–Crippen MR) is 140 cm³/mol. The Morgan fingerprint density at radius 3 is 2.49 bits per heavy atom. The SMILES string of the molecule is CCn1c(=O)[nH]c2nc(C3CCCCC3)n(Cc3ccc(-c4ccccc4-n4cnnn4)cc3)c2c1=O. The summed E-state index contributed by atoms with van der Waals surface area (Å²) in [7, 11) is 0. The monoisotopic (exact) mass is 496 g/mol. The first-order valence-electron chi connectivity index (χ1n) is 12.8. The molecule has 37 heavy (non-hydrogen) atoms. The predicted octanol–water partition coefficient (Wildman–Crippen LogP) is 3.64. The van der Waals surface area contributed by atoms with Crippen LogP contribution in [0.5, 0.6) is 0 Å². The third-order valence-corrected chi connectivity index (χ3v) is 7.31. The summed E-state index contributed by atoms with van der Waals surface area (Å²) in [4.78, 5) is 33.5. The summed E-state index contributed by atoms with van der Waals surface area (Å²) in [6, 6.07) is 16.3. The second kappa shape index (κ2) is 9.61. The van der Waals surface area contributed by atoms with E-state index < -0.39 is 5.69 Å². The highest BCUT2D eigenvalue weighted by Gasteiger charge is 2.25. The van der Waals surface area contributed by atoms with Crippen LogP contribution >= 0.6 is 0 Å². The lowest BCUT2D eigenvalue weighted by atomic mass is 9.88. The molecule has 1 fully saturated rings. The highest BCUT2D eigenvalue weighted by molar-refractivity contribution is 5.73. The molecule has 10 heteroatoms. The van der Waals surface area contributed by atoms with Crippen molar-refractivity contribution in [1.29, 1.82) is 0 Å². The van der Waals surface area contributed by atoms with E-state index in [1.54, 1.807) is 17.9 Å². The van der Waals surface area contributed by atoms with Crippen LogP contribution in [0.2, 0.25) is 0 Å². The van der Waals surface area contributed by atoms with Crippen molar-refractivity contribution in [3.05, 3.63) is 87.1 Å². The topological polar surface area (TPSA) is 116 Å². The van der Waals surface area contributed by atoms with Gasteiger partial charge < -0.3 is 4.57 Å². The molecule has 6 rings (SSSR count). The van der Waals surface area contributed by atoms with Gasteiger partial charge in [0.1, 0.15) is 12.2 Å². The van der Waals surface area contributed by atoms with Crippen LogP contribution in [0.15, 0.2) is 64.4 Å². The van der Waals surface area contributed by atoms with Gasteiger partial charge in [0, 0.05) is 24.6 Å². The molecule has 188 valence electrons. The number of hydrogen-bond acceptors (Lipinski definition) is 6. The average Bonchev–Trinajstić information content (AvgIpc) is 3.59. The van der Waals surface area contributed by atoms with Gasteiger partial charge in [-0.3, -0.25) is 14.3 Å². The first-order chi connectivity index (χ1) is 18.1. The Balaban J connectivity index is 1.41. The van der Waals surface area contributed by atoms with Crippen molar-refractivity contribution in [3.8, 4) is 16.8 Å². The van der Waals surface area contributed by atoms with Gasteiger partial charge in [0.05, 0.1) is 5.69 Å². The second-order valence-electron chi connectivity index (χ2n) is 9.54. The van der Waals surface area contributed by atoms with E-state index >= 15 is 0 Å². The van der Waals surface area contributed by atoms with Crippen molar-refractivity contribution >= 4 is 11.2 Å². The molecular weight excluding hydrogens is 468 g/mol. The minimum Gasteiger partial charge on any atom is -0.317 e. The number of fused-ring (bicyclic) bond motifs is 1. The molecule has 1 aliphatic rings. The number of rotatable bonds is 6. The van der Waals surface area contributed by atoms with Crippen LogP contribution in [-0.2, 0) is 13.1 Å². The summed E-state index contributed by atoms with van der Waals surface area (Å²) in [6.07, 6.45) is 7.20. The Labute approximate surface area is 212 Å². The Morgan fingerprint density at radius 1 is 0.973 bits per heavy atom. The molecule has 1 N–H and O–H groups in total. The fourth-order valence-electron chi connectivity index (χ4n) is 5.44. The van der Waals surface area contributed by atoms with E-state index in [0.29, 0.717) is 24.3 Å². The molecule has 1 saturated carbocycles. The maximum Gasteiger partial charge on any atom is 0.330 e. The largest absolute Gasteiger partial charge is 0.330 e.